The summed E-state index contributed by atoms with van der Waals surface area (Å²) in [4.78, 5) is 16.1. The van der Waals surface area contributed by atoms with Crippen LogP contribution in [0.15, 0.2) is 36.4 Å². The molecule has 1 aromatic carbocycles. The van der Waals surface area contributed by atoms with Crippen molar-refractivity contribution in [3.63, 3.8) is 0 Å². The molecule has 0 radical (unpaired) electrons. The lowest BCUT2D eigenvalue weighted by Crippen LogP contribution is -2.16. The van der Waals surface area contributed by atoms with Gasteiger partial charge in [0, 0.05) is 8.59 Å². The Morgan fingerprint density at radius 3 is 2.79 bits per heavy atom. The van der Waals surface area contributed by atoms with Gasteiger partial charge in [0.15, 0.2) is 0 Å². The third-order valence-electron chi connectivity index (χ3n) is 2.31. The minimum Gasteiger partial charge on any atom is -0.320 e. The minimum absolute atomic E-state index is 0.279. The van der Waals surface area contributed by atoms with Crippen LogP contribution in [-0.2, 0) is 0 Å². The van der Waals surface area contributed by atoms with Crippen LogP contribution in [0.5, 0.6) is 0 Å². The number of hydrogen-bond donors (Lipinski definition) is 3. The van der Waals surface area contributed by atoms with E-state index in [1.165, 1.54) is 0 Å². The van der Waals surface area contributed by atoms with Crippen molar-refractivity contribution in [2.45, 2.75) is 0 Å². The summed E-state index contributed by atoms with van der Waals surface area (Å²) in [5.41, 5.74) is 3.36. The molecule has 19 heavy (non-hydrogen) atoms. The van der Waals surface area contributed by atoms with Crippen LogP contribution < -0.4 is 16.6 Å². The van der Waals surface area contributed by atoms with Crippen molar-refractivity contribution in [2.75, 3.05) is 10.7 Å². The minimum atomic E-state index is -0.308. The lowest BCUT2D eigenvalue weighted by atomic mass is 10.3. The number of anilines is 2. The van der Waals surface area contributed by atoms with Crippen LogP contribution in [0.2, 0.25) is 5.02 Å². The lowest BCUT2D eigenvalue weighted by Gasteiger charge is -2.08. The average Bonchev–Trinajstić information content (AvgIpc) is 2.42. The molecule has 0 spiro atoms. The number of nitrogens with one attached hydrogen (secondary N) is 2. The topological polar surface area (TPSA) is 80.0 Å². The molecule has 0 saturated heterocycles. The lowest BCUT2D eigenvalue weighted by molar-refractivity contribution is 0.102. The van der Waals surface area contributed by atoms with Crippen molar-refractivity contribution >= 4 is 51.6 Å². The molecule has 0 saturated carbocycles. The Labute approximate surface area is 128 Å². The molecule has 0 unspecified atom stereocenters. The van der Waals surface area contributed by atoms with Crippen LogP contribution >= 0.6 is 34.2 Å². The molecule has 0 bridgehead atoms. The highest BCUT2D eigenvalue weighted by Gasteiger charge is 2.10. The van der Waals surface area contributed by atoms with Crippen LogP contribution in [-0.4, -0.2) is 10.9 Å². The number of aromatic nitrogens is 1. The van der Waals surface area contributed by atoms with Gasteiger partial charge in [-0.2, -0.15) is 0 Å². The molecule has 0 fully saturated rings. The monoisotopic (exact) mass is 388 g/mol. The summed E-state index contributed by atoms with van der Waals surface area (Å²) in [6, 6.07) is 10.2. The van der Waals surface area contributed by atoms with Gasteiger partial charge in [0.25, 0.3) is 5.91 Å². The van der Waals surface area contributed by atoms with E-state index >= 15 is 0 Å². The highest BCUT2D eigenvalue weighted by atomic mass is 127. The van der Waals surface area contributed by atoms with E-state index in [0.29, 0.717) is 16.5 Å². The Morgan fingerprint density at radius 1 is 1.32 bits per heavy atom. The van der Waals surface area contributed by atoms with Gasteiger partial charge in [-0.15, -0.1) is 0 Å². The van der Waals surface area contributed by atoms with E-state index in [1.54, 1.807) is 36.4 Å². The van der Waals surface area contributed by atoms with Crippen LogP contribution in [0.3, 0.4) is 0 Å². The number of nitrogens with zero attached hydrogens (tertiary/aromatic N) is 1. The molecule has 5 nitrogen and oxygen atoms in total. The molecule has 4 N–H and O–H groups in total. The van der Waals surface area contributed by atoms with Crippen molar-refractivity contribution in [2.24, 2.45) is 5.84 Å². The first-order valence-corrected chi connectivity index (χ1v) is 6.76. The van der Waals surface area contributed by atoms with Crippen LogP contribution in [0.1, 0.15) is 10.5 Å². The maximum absolute atomic E-state index is 12.0. The van der Waals surface area contributed by atoms with Crippen molar-refractivity contribution in [1.29, 1.82) is 0 Å². The highest BCUT2D eigenvalue weighted by Crippen LogP contribution is 2.22. The highest BCUT2D eigenvalue weighted by molar-refractivity contribution is 14.1. The standard InChI is InChI=1S/C12H10ClIN4O/c13-7-4-5-9(8(14)6-7)17-12(19)10-2-1-3-11(16-10)18-15/h1-6H,15H2,(H,16,18)(H,17,19). The summed E-state index contributed by atoms with van der Waals surface area (Å²) in [6.45, 7) is 0. The van der Waals surface area contributed by atoms with Gasteiger partial charge in [-0.3, -0.25) is 4.79 Å². The number of benzene rings is 1. The van der Waals surface area contributed by atoms with E-state index < -0.39 is 0 Å². The molecule has 2 rings (SSSR count). The second-order valence-corrected chi connectivity index (χ2v) is 5.23. The molecule has 1 amide bonds. The molecule has 0 aliphatic carbocycles. The molecule has 0 aliphatic heterocycles. The summed E-state index contributed by atoms with van der Waals surface area (Å²) in [5.74, 6) is 5.37. The van der Waals surface area contributed by atoms with Crippen molar-refractivity contribution in [3.05, 3.63) is 50.7 Å². The van der Waals surface area contributed by atoms with Gasteiger partial charge in [0.1, 0.15) is 11.5 Å². The molecular weight excluding hydrogens is 379 g/mol. The first-order valence-electron chi connectivity index (χ1n) is 5.30. The number of carbonyl (C=O) groups is 1. The van der Waals surface area contributed by atoms with E-state index in [2.05, 4.69) is 38.3 Å². The Hall–Kier alpha value is -1.38. The molecule has 7 heteroatoms. The number of carbonyl (C=O) groups excluding carboxylic acids is 1. The number of nitrogens with two attached hydrogens (primary N) is 1. The second kappa shape index (κ2) is 6.18. The fraction of sp³-hybridized carbons (Fsp3) is 0. The Bertz CT molecular complexity index is 620. The third kappa shape index (κ3) is 3.55. The predicted octanol–water partition coefficient (Wildman–Crippen LogP) is 2.88. The van der Waals surface area contributed by atoms with Gasteiger partial charge in [-0.25, -0.2) is 10.8 Å². The Morgan fingerprint density at radius 2 is 2.11 bits per heavy atom. The molecule has 1 heterocycles. The quantitative estimate of drug-likeness (QED) is 0.429. The Kier molecular flexibility index (Phi) is 4.56. The first kappa shape index (κ1) is 14.0. The van der Waals surface area contributed by atoms with Crippen molar-refractivity contribution in [1.82, 2.24) is 4.98 Å². The van der Waals surface area contributed by atoms with Crippen LogP contribution in [0.25, 0.3) is 0 Å². The second-order valence-electron chi connectivity index (χ2n) is 3.63. The van der Waals surface area contributed by atoms with Gasteiger partial charge < -0.3 is 10.7 Å². The van der Waals surface area contributed by atoms with Crippen molar-refractivity contribution < 1.29 is 4.79 Å². The molecule has 0 aliphatic rings. The van der Waals surface area contributed by atoms with Gasteiger partial charge in [-0.05, 0) is 52.9 Å². The van der Waals surface area contributed by atoms with E-state index in [1.807, 2.05) is 0 Å². The van der Waals surface area contributed by atoms with E-state index in [4.69, 9.17) is 17.4 Å². The van der Waals surface area contributed by atoms with Gasteiger partial charge in [0.2, 0.25) is 0 Å². The third-order valence-corrected chi connectivity index (χ3v) is 3.44. The van der Waals surface area contributed by atoms with Crippen LogP contribution in [0, 0.1) is 3.57 Å². The number of halogens is 2. The number of pyridine rings is 1. The fourth-order valence-corrected chi connectivity index (χ4v) is 2.43. The summed E-state index contributed by atoms with van der Waals surface area (Å²) in [7, 11) is 0. The molecule has 0 atom stereocenters. The Balaban J connectivity index is 2.20. The van der Waals surface area contributed by atoms with Crippen LogP contribution in [0.4, 0.5) is 11.5 Å². The van der Waals surface area contributed by atoms with Gasteiger partial charge >= 0.3 is 0 Å². The zero-order valence-corrected chi connectivity index (χ0v) is 12.6. The number of nitrogen functional groups attached to an aromatic ring is 1. The van der Waals surface area contributed by atoms with E-state index in [9.17, 15) is 4.79 Å². The van der Waals surface area contributed by atoms with Gasteiger partial charge in [0.05, 0.1) is 5.69 Å². The number of rotatable bonds is 3. The zero-order valence-electron chi connectivity index (χ0n) is 9.65. The summed E-state index contributed by atoms with van der Waals surface area (Å²) in [6.07, 6.45) is 0. The smallest absolute Gasteiger partial charge is 0.274 e. The SMILES string of the molecule is NNc1cccc(C(=O)Nc2ccc(Cl)cc2I)n1. The molecule has 2 aromatic rings. The number of hydrogen-bond acceptors (Lipinski definition) is 4. The fourth-order valence-electron chi connectivity index (χ4n) is 1.42. The van der Waals surface area contributed by atoms with Crippen molar-refractivity contribution in [3.8, 4) is 0 Å². The normalized spacial score (nSPS) is 10.1. The van der Waals surface area contributed by atoms with E-state index in [-0.39, 0.29) is 11.6 Å². The van der Waals surface area contributed by atoms with Gasteiger partial charge in [-0.1, -0.05) is 17.7 Å². The summed E-state index contributed by atoms with van der Waals surface area (Å²) >= 11 is 7.96. The summed E-state index contributed by atoms with van der Waals surface area (Å²) < 4.78 is 0.853. The molecule has 1 aromatic heterocycles. The zero-order chi connectivity index (χ0) is 13.8. The maximum Gasteiger partial charge on any atom is 0.274 e. The predicted molar refractivity (Wildman–Crippen MR) is 84.2 cm³/mol. The first-order chi connectivity index (χ1) is 9.10. The maximum atomic E-state index is 12.0. The molecule has 98 valence electrons. The molecular formula is C12H10ClIN4O. The number of hydrazine groups is 1. The number of amides is 1. The van der Waals surface area contributed by atoms with E-state index in [0.717, 1.165) is 3.57 Å². The average molecular weight is 389 g/mol. The largest absolute Gasteiger partial charge is 0.320 e. The summed E-state index contributed by atoms with van der Waals surface area (Å²) in [5, 5.41) is 3.39.